The second-order valence-electron chi connectivity index (χ2n) is 5.64. The lowest BCUT2D eigenvalue weighted by Crippen LogP contribution is -2.34. The average Bonchev–Trinajstić information content (AvgIpc) is 2.85. The van der Waals surface area contributed by atoms with Gasteiger partial charge in [0.15, 0.2) is 10.6 Å². The van der Waals surface area contributed by atoms with Crippen molar-refractivity contribution < 1.29 is 4.79 Å². The molecule has 0 radical (unpaired) electrons. The normalized spacial score (nSPS) is 12.4. The molecule has 22 heavy (non-hydrogen) atoms. The lowest BCUT2D eigenvalue weighted by molar-refractivity contribution is 0.0921. The van der Waals surface area contributed by atoms with E-state index in [-0.39, 0.29) is 17.9 Å². The molecule has 0 spiro atoms. The molecule has 0 unspecified atom stereocenters. The van der Waals surface area contributed by atoms with Crippen molar-refractivity contribution in [2.24, 2.45) is 5.92 Å². The maximum atomic E-state index is 12.6. The van der Waals surface area contributed by atoms with E-state index in [4.69, 9.17) is 12.2 Å². The van der Waals surface area contributed by atoms with Gasteiger partial charge in [-0.3, -0.25) is 9.89 Å². The average molecular weight is 318 g/mol. The molecular weight excluding hydrogens is 296 g/mol. The molecule has 1 aromatic carbocycles. The molecule has 2 N–H and O–H groups in total. The fraction of sp³-hybridized carbons (Fsp3) is 0.438. The van der Waals surface area contributed by atoms with Gasteiger partial charge in [0, 0.05) is 12.1 Å². The first-order chi connectivity index (χ1) is 10.5. The first-order valence-corrected chi connectivity index (χ1v) is 7.88. The number of carbonyl (C=O) groups excluding carboxylic acids is 1. The van der Waals surface area contributed by atoms with Crippen molar-refractivity contribution >= 4 is 18.1 Å². The van der Waals surface area contributed by atoms with E-state index in [1.54, 1.807) is 0 Å². The van der Waals surface area contributed by atoms with Crippen LogP contribution in [0.25, 0.3) is 0 Å². The lowest BCUT2D eigenvalue weighted by atomic mass is 10.0. The van der Waals surface area contributed by atoms with Gasteiger partial charge in [0.1, 0.15) is 0 Å². The van der Waals surface area contributed by atoms with Crippen LogP contribution in [0, 0.1) is 17.6 Å². The summed E-state index contributed by atoms with van der Waals surface area (Å²) in [5, 5.41) is 10.2. The van der Waals surface area contributed by atoms with E-state index in [1.165, 1.54) is 0 Å². The van der Waals surface area contributed by atoms with Gasteiger partial charge < -0.3 is 9.88 Å². The van der Waals surface area contributed by atoms with Gasteiger partial charge in [0.05, 0.1) is 6.04 Å². The minimum atomic E-state index is -0.194. The largest absolute Gasteiger partial charge is 0.342 e. The Morgan fingerprint density at radius 1 is 1.41 bits per heavy atom. The van der Waals surface area contributed by atoms with Gasteiger partial charge in [0.25, 0.3) is 5.91 Å². The Hall–Kier alpha value is -1.95. The molecule has 0 saturated heterocycles. The van der Waals surface area contributed by atoms with Crippen molar-refractivity contribution in [3.63, 3.8) is 0 Å². The van der Waals surface area contributed by atoms with E-state index in [2.05, 4.69) is 29.4 Å². The van der Waals surface area contributed by atoms with Crippen LogP contribution in [0.15, 0.2) is 24.3 Å². The summed E-state index contributed by atoms with van der Waals surface area (Å²) in [4.78, 5) is 12.6. The van der Waals surface area contributed by atoms with Gasteiger partial charge in [-0.05, 0) is 43.6 Å². The molecule has 1 amide bonds. The van der Waals surface area contributed by atoms with E-state index in [0.29, 0.717) is 16.9 Å². The van der Waals surface area contributed by atoms with E-state index >= 15 is 0 Å². The first-order valence-electron chi connectivity index (χ1n) is 7.47. The van der Waals surface area contributed by atoms with Gasteiger partial charge in [-0.1, -0.05) is 32.0 Å². The van der Waals surface area contributed by atoms with Crippen LogP contribution in [0.4, 0.5) is 0 Å². The molecule has 0 saturated carbocycles. The molecule has 0 fully saturated rings. The second kappa shape index (κ2) is 6.87. The molecule has 0 aliphatic heterocycles. The molecule has 1 atom stereocenters. The van der Waals surface area contributed by atoms with E-state index in [0.717, 1.165) is 11.4 Å². The summed E-state index contributed by atoms with van der Waals surface area (Å²) in [6.07, 6.45) is 0. The predicted octanol–water partition coefficient (Wildman–Crippen LogP) is 3.40. The number of nitrogens with one attached hydrogen (secondary N) is 2. The SMILES string of the molecule is CCn1c([C@H](NC(=O)c2ccccc2C)C(C)C)n[nH]c1=S. The van der Waals surface area contributed by atoms with E-state index in [1.807, 2.05) is 42.7 Å². The van der Waals surface area contributed by atoms with Crippen molar-refractivity contribution in [3.05, 3.63) is 46.0 Å². The number of benzene rings is 1. The third-order valence-corrected chi connectivity index (χ3v) is 4.04. The number of aromatic amines is 1. The van der Waals surface area contributed by atoms with Crippen LogP contribution in [0.3, 0.4) is 0 Å². The minimum absolute atomic E-state index is 0.0895. The summed E-state index contributed by atoms with van der Waals surface area (Å²) < 4.78 is 2.49. The van der Waals surface area contributed by atoms with Crippen LogP contribution in [-0.2, 0) is 6.54 Å². The van der Waals surface area contributed by atoms with Crippen LogP contribution < -0.4 is 5.32 Å². The third-order valence-electron chi connectivity index (χ3n) is 3.73. The fourth-order valence-corrected chi connectivity index (χ4v) is 2.72. The number of hydrogen-bond acceptors (Lipinski definition) is 3. The van der Waals surface area contributed by atoms with Crippen molar-refractivity contribution in [1.29, 1.82) is 0 Å². The standard InChI is InChI=1S/C16H22N4OS/c1-5-20-14(18-19-16(20)22)13(10(2)3)17-15(21)12-9-7-6-8-11(12)4/h6-10,13H,5H2,1-4H3,(H,17,21)(H,19,22)/t13-/m1/s1. The molecule has 2 rings (SSSR count). The van der Waals surface area contributed by atoms with Gasteiger partial charge in [0.2, 0.25) is 0 Å². The first kappa shape index (κ1) is 16.4. The molecule has 0 aliphatic rings. The molecule has 1 heterocycles. The lowest BCUT2D eigenvalue weighted by Gasteiger charge is -2.22. The van der Waals surface area contributed by atoms with Crippen molar-refractivity contribution in [2.75, 3.05) is 0 Å². The Balaban J connectivity index is 2.32. The minimum Gasteiger partial charge on any atom is -0.342 e. The molecule has 6 heteroatoms. The van der Waals surface area contributed by atoms with Crippen molar-refractivity contribution in [2.45, 2.75) is 40.3 Å². The van der Waals surface area contributed by atoms with Gasteiger partial charge in [-0.15, -0.1) is 0 Å². The summed E-state index contributed by atoms with van der Waals surface area (Å²) in [6.45, 7) is 8.77. The van der Waals surface area contributed by atoms with Crippen molar-refractivity contribution in [3.8, 4) is 0 Å². The van der Waals surface area contributed by atoms with Gasteiger partial charge in [-0.2, -0.15) is 5.10 Å². The molecule has 5 nitrogen and oxygen atoms in total. The molecule has 118 valence electrons. The zero-order chi connectivity index (χ0) is 16.3. The summed E-state index contributed by atoms with van der Waals surface area (Å²) in [7, 11) is 0. The number of amides is 1. The number of aromatic nitrogens is 3. The van der Waals surface area contributed by atoms with Gasteiger partial charge >= 0.3 is 0 Å². The van der Waals surface area contributed by atoms with Crippen LogP contribution in [0.1, 0.15) is 48.6 Å². The van der Waals surface area contributed by atoms with Crippen LogP contribution >= 0.6 is 12.2 Å². The highest BCUT2D eigenvalue weighted by Crippen LogP contribution is 2.21. The molecule has 0 bridgehead atoms. The zero-order valence-electron chi connectivity index (χ0n) is 13.4. The topological polar surface area (TPSA) is 62.7 Å². The number of rotatable bonds is 5. The van der Waals surface area contributed by atoms with E-state index < -0.39 is 0 Å². The quantitative estimate of drug-likeness (QED) is 0.831. The van der Waals surface area contributed by atoms with Crippen LogP contribution in [0.2, 0.25) is 0 Å². The maximum absolute atomic E-state index is 12.6. The maximum Gasteiger partial charge on any atom is 0.252 e. The van der Waals surface area contributed by atoms with E-state index in [9.17, 15) is 4.79 Å². The summed E-state index contributed by atoms with van der Waals surface area (Å²) in [6, 6.07) is 7.36. The van der Waals surface area contributed by atoms with Crippen LogP contribution in [0.5, 0.6) is 0 Å². The number of hydrogen-bond donors (Lipinski definition) is 2. The van der Waals surface area contributed by atoms with Gasteiger partial charge in [-0.25, -0.2) is 0 Å². The fourth-order valence-electron chi connectivity index (χ4n) is 2.45. The number of aryl methyl sites for hydroxylation is 1. The highest BCUT2D eigenvalue weighted by atomic mass is 32.1. The smallest absolute Gasteiger partial charge is 0.252 e. The summed E-state index contributed by atoms with van der Waals surface area (Å²) >= 11 is 5.24. The third kappa shape index (κ3) is 3.27. The predicted molar refractivity (Wildman–Crippen MR) is 89.3 cm³/mol. The number of H-pyrrole nitrogens is 1. The molecule has 2 aromatic rings. The Morgan fingerprint density at radius 2 is 2.09 bits per heavy atom. The Morgan fingerprint density at radius 3 is 2.68 bits per heavy atom. The molecule has 0 aliphatic carbocycles. The Kier molecular flexibility index (Phi) is 5.13. The molecule has 1 aromatic heterocycles. The second-order valence-corrected chi connectivity index (χ2v) is 6.03. The molecular formula is C16H22N4OS. The Labute approximate surface area is 135 Å². The monoisotopic (exact) mass is 318 g/mol. The highest BCUT2D eigenvalue weighted by Gasteiger charge is 2.24. The number of carbonyl (C=O) groups is 1. The highest BCUT2D eigenvalue weighted by molar-refractivity contribution is 7.71. The zero-order valence-corrected chi connectivity index (χ0v) is 14.2. The Bertz CT molecular complexity index is 717. The van der Waals surface area contributed by atoms with Crippen LogP contribution in [-0.4, -0.2) is 20.7 Å². The van der Waals surface area contributed by atoms with Crippen molar-refractivity contribution in [1.82, 2.24) is 20.1 Å². The summed E-state index contributed by atoms with van der Waals surface area (Å²) in [5.41, 5.74) is 1.64. The number of nitrogens with zero attached hydrogens (tertiary/aromatic N) is 2. The summed E-state index contributed by atoms with van der Waals surface area (Å²) in [5.74, 6) is 0.876.